The number of benzene rings is 1. The topological polar surface area (TPSA) is 66.3 Å². The number of pyridine rings is 1. The van der Waals surface area contributed by atoms with E-state index in [1.54, 1.807) is 29.2 Å². The van der Waals surface area contributed by atoms with E-state index in [9.17, 15) is 9.90 Å². The molecular formula is C20H17N3O2S. The summed E-state index contributed by atoms with van der Waals surface area (Å²) < 4.78 is 1.03. The maximum Gasteiger partial charge on any atom is 0.334 e. The van der Waals surface area contributed by atoms with E-state index in [0.717, 1.165) is 27.2 Å². The standard InChI is InChI=1S/C20H17N3O2S/c1-12-9-16(15-6-3-7-17-19(15)26-11-22-17)18(20(24)25)13(2)23(12)14-5-4-8-21-10-14/h3-11,16H,1-2H3,(H,24,25). The third-order valence-electron chi connectivity index (χ3n) is 4.65. The van der Waals surface area contributed by atoms with Gasteiger partial charge < -0.3 is 10.0 Å². The van der Waals surface area contributed by atoms with Gasteiger partial charge in [-0.3, -0.25) is 4.98 Å². The number of rotatable bonds is 3. The lowest BCUT2D eigenvalue weighted by Crippen LogP contribution is -2.29. The summed E-state index contributed by atoms with van der Waals surface area (Å²) in [7, 11) is 0. The van der Waals surface area contributed by atoms with Gasteiger partial charge in [0, 0.05) is 23.5 Å². The predicted octanol–water partition coefficient (Wildman–Crippen LogP) is 4.56. The van der Waals surface area contributed by atoms with Gasteiger partial charge in [-0.05, 0) is 37.6 Å². The first-order valence-electron chi connectivity index (χ1n) is 8.22. The van der Waals surface area contributed by atoms with E-state index in [1.807, 2.05) is 55.2 Å². The van der Waals surface area contributed by atoms with Crippen LogP contribution in [0.3, 0.4) is 0 Å². The summed E-state index contributed by atoms with van der Waals surface area (Å²) in [6.07, 6.45) is 5.46. The number of thiazole rings is 1. The predicted molar refractivity (Wildman–Crippen MR) is 103 cm³/mol. The Bertz CT molecular complexity index is 1050. The zero-order chi connectivity index (χ0) is 18.3. The van der Waals surface area contributed by atoms with Crippen LogP contribution in [0, 0.1) is 0 Å². The lowest BCUT2D eigenvalue weighted by Gasteiger charge is -2.34. The van der Waals surface area contributed by atoms with Crippen molar-refractivity contribution in [2.75, 3.05) is 4.90 Å². The highest BCUT2D eigenvalue weighted by molar-refractivity contribution is 7.17. The molecule has 0 radical (unpaired) electrons. The number of aliphatic carboxylic acids is 1. The monoisotopic (exact) mass is 363 g/mol. The van der Waals surface area contributed by atoms with Gasteiger partial charge in [-0.2, -0.15) is 0 Å². The van der Waals surface area contributed by atoms with Crippen molar-refractivity contribution in [3.8, 4) is 0 Å². The Hall–Kier alpha value is -2.99. The molecule has 1 unspecified atom stereocenters. The molecule has 6 heteroatoms. The van der Waals surface area contributed by atoms with Gasteiger partial charge in [-0.15, -0.1) is 11.3 Å². The van der Waals surface area contributed by atoms with Crippen LogP contribution in [0.2, 0.25) is 0 Å². The normalized spacial score (nSPS) is 17.5. The molecule has 130 valence electrons. The Morgan fingerprint density at radius 1 is 1.23 bits per heavy atom. The molecule has 0 saturated heterocycles. The molecule has 1 atom stereocenters. The Balaban J connectivity index is 1.91. The van der Waals surface area contributed by atoms with Crippen molar-refractivity contribution in [2.24, 2.45) is 0 Å². The zero-order valence-corrected chi connectivity index (χ0v) is 15.2. The van der Waals surface area contributed by atoms with Crippen molar-refractivity contribution in [3.63, 3.8) is 0 Å². The highest BCUT2D eigenvalue weighted by atomic mass is 32.1. The van der Waals surface area contributed by atoms with Crippen molar-refractivity contribution >= 4 is 33.2 Å². The van der Waals surface area contributed by atoms with Crippen LogP contribution in [0.4, 0.5) is 5.69 Å². The summed E-state index contributed by atoms with van der Waals surface area (Å²) in [5.74, 6) is -1.23. The van der Waals surface area contributed by atoms with Gasteiger partial charge in [0.25, 0.3) is 0 Å². The van der Waals surface area contributed by atoms with E-state index >= 15 is 0 Å². The fourth-order valence-corrected chi connectivity index (χ4v) is 4.42. The van der Waals surface area contributed by atoms with E-state index < -0.39 is 5.97 Å². The minimum atomic E-state index is -0.911. The second kappa shape index (κ2) is 6.38. The van der Waals surface area contributed by atoms with Gasteiger partial charge in [-0.1, -0.05) is 18.2 Å². The Morgan fingerprint density at radius 2 is 2.08 bits per heavy atom. The molecule has 1 aliphatic heterocycles. The molecule has 0 saturated carbocycles. The van der Waals surface area contributed by atoms with Crippen molar-refractivity contribution in [1.29, 1.82) is 0 Å². The first-order chi connectivity index (χ1) is 12.6. The third kappa shape index (κ3) is 2.59. The molecule has 1 aliphatic rings. The summed E-state index contributed by atoms with van der Waals surface area (Å²) in [6.45, 7) is 3.85. The van der Waals surface area contributed by atoms with Crippen LogP contribution in [-0.4, -0.2) is 21.0 Å². The summed E-state index contributed by atoms with van der Waals surface area (Å²) in [6, 6.07) is 9.65. The molecule has 1 aromatic carbocycles. The second-order valence-corrected chi connectivity index (χ2v) is 7.04. The van der Waals surface area contributed by atoms with Crippen LogP contribution in [0.15, 0.2) is 71.3 Å². The summed E-state index contributed by atoms with van der Waals surface area (Å²) in [5.41, 5.74) is 6.59. The van der Waals surface area contributed by atoms with E-state index in [-0.39, 0.29) is 5.92 Å². The number of fused-ring (bicyclic) bond motifs is 1. The lowest BCUT2D eigenvalue weighted by atomic mass is 9.86. The second-order valence-electron chi connectivity index (χ2n) is 6.18. The number of nitrogens with zero attached hydrogens (tertiary/aromatic N) is 3. The first kappa shape index (κ1) is 16.5. The van der Waals surface area contributed by atoms with Crippen LogP contribution in [0.1, 0.15) is 25.3 Å². The lowest BCUT2D eigenvalue weighted by molar-refractivity contribution is -0.132. The fourth-order valence-electron chi connectivity index (χ4n) is 3.58. The average molecular weight is 363 g/mol. The van der Waals surface area contributed by atoms with Crippen molar-refractivity contribution in [1.82, 2.24) is 9.97 Å². The molecule has 3 aromatic rings. The summed E-state index contributed by atoms with van der Waals surface area (Å²) >= 11 is 1.54. The van der Waals surface area contributed by atoms with Crippen molar-refractivity contribution in [2.45, 2.75) is 19.8 Å². The smallest absolute Gasteiger partial charge is 0.334 e. The minimum Gasteiger partial charge on any atom is -0.478 e. The third-order valence-corrected chi connectivity index (χ3v) is 5.54. The number of carbonyl (C=O) groups is 1. The van der Waals surface area contributed by atoms with E-state index in [2.05, 4.69) is 9.97 Å². The Kier molecular flexibility index (Phi) is 4.05. The number of allylic oxidation sites excluding steroid dienone is 3. The van der Waals surface area contributed by atoms with Gasteiger partial charge in [-0.25, -0.2) is 9.78 Å². The molecule has 26 heavy (non-hydrogen) atoms. The number of carboxylic acids is 1. The van der Waals surface area contributed by atoms with Gasteiger partial charge in [0.15, 0.2) is 0 Å². The molecule has 1 N–H and O–H groups in total. The maximum absolute atomic E-state index is 12.2. The molecule has 0 bridgehead atoms. The van der Waals surface area contributed by atoms with E-state index in [4.69, 9.17) is 0 Å². The van der Waals surface area contributed by atoms with Gasteiger partial charge in [0.05, 0.1) is 33.2 Å². The van der Waals surface area contributed by atoms with Gasteiger partial charge in [0.1, 0.15) is 0 Å². The number of aromatic nitrogens is 2. The highest BCUT2D eigenvalue weighted by Gasteiger charge is 2.32. The molecule has 2 aromatic heterocycles. The van der Waals surface area contributed by atoms with E-state index in [1.165, 1.54) is 0 Å². The van der Waals surface area contributed by atoms with Gasteiger partial charge in [0.2, 0.25) is 0 Å². The quantitative estimate of drug-likeness (QED) is 0.739. The highest BCUT2D eigenvalue weighted by Crippen LogP contribution is 2.41. The van der Waals surface area contributed by atoms with Gasteiger partial charge >= 0.3 is 5.97 Å². The summed E-state index contributed by atoms with van der Waals surface area (Å²) in [5, 5.41) is 9.97. The van der Waals surface area contributed by atoms with Crippen LogP contribution in [0.5, 0.6) is 0 Å². The Morgan fingerprint density at radius 3 is 2.81 bits per heavy atom. The SMILES string of the molecule is CC1=CC(c2cccc3ncsc23)C(C(=O)O)=C(C)N1c1cccnc1. The molecular weight excluding hydrogens is 346 g/mol. The molecule has 0 amide bonds. The molecule has 0 aliphatic carbocycles. The zero-order valence-electron chi connectivity index (χ0n) is 14.4. The molecule has 0 spiro atoms. The number of anilines is 1. The Labute approximate surface area is 154 Å². The molecule has 0 fully saturated rings. The van der Waals surface area contributed by atoms with Crippen LogP contribution < -0.4 is 4.90 Å². The largest absolute Gasteiger partial charge is 0.478 e. The number of hydrogen-bond acceptors (Lipinski definition) is 5. The average Bonchev–Trinajstić information content (AvgIpc) is 3.10. The molecule has 5 nitrogen and oxygen atoms in total. The minimum absolute atomic E-state index is 0.315. The molecule has 4 rings (SSSR count). The first-order valence-corrected chi connectivity index (χ1v) is 9.10. The summed E-state index contributed by atoms with van der Waals surface area (Å²) in [4.78, 5) is 22.6. The molecule has 3 heterocycles. The van der Waals surface area contributed by atoms with E-state index in [0.29, 0.717) is 11.3 Å². The fraction of sp³-hybridized carbons (Fsp3) is 0.150. The maximum atomic E-state index is 12.2. The number of hydrogen-bond donors (Lipinski definition) is 1. The van der Waals surface area contributed by atoms with Crippen molar-refractivity contribution in [3.05, 3.63) is 76.8 Å². The van der Waals surface area contributed by atoms with Crippen LogP contribution in [-0.2, 0) is 4.79 Å². The van der Waals surface area contributed by atoms with Crippen molar-refractivity contribution < 1.29 is 9.90 Å². The van der Waals surface area contributed by atoms with Crippen LogP contribution in [0.25, 0.3) is 10.2 Å². The number of carboxylic acid groups (broad SMARTS) is 1. The van der Waals surface area contributed by atoms with Crippen LogP contribution >= 0.6 is 11.3 Å².